The Morgan fingerprint density at radius 3 is 2.71 bits per heavy atom. The third-order valence-corrected chi connectivity index (χ3v) is 2.68. The van der Waals surface area contributed by atoms with Crippen LogP contribution in [0.1, 0.15) is 17.5 Å². The van der Waals surface area contributed by atoms with Crippen LogP contribution >= 0.6 is 0 Å². The summed E-state index contributed by atoms with van der Waals surface area (Å²) < 4.78 is 4.48. The molecule has 2 N–H and O–H groups in total. The number of carbonyl (C=O) groups is 1. The molecule has 0 aliphatic rings. The molecule has 0 spiro atoms. The van der Waals surface area contributed by atoms with Gasteiger partial charge in [0.1, 0.15) is 0 Å². The van der Waals surface area contributed by atoms with E-state index in [1.807, 2.05) is 32.0 Å². The Bertz CT molecular complexity index is 390. The number of aliphatic hydroxyl groups excluding tert-OH is 1. The lowest BCUT2D eigenvalue weighted by Crippen LogP contribution is -2.23. The number of ether oxygens (including phenoxy) is 1. The van der Waals surface area contributed by atoms with Crippen LogP contribution in [0.15, 0.2) is 18.2 Å². The molecular weight excluding hydrogens is 218 g/mol. The van der Waals surface area contributed by atoms with Gasteiger partial charge in [-0.3, -0.25) is 4.79 Å². The third-order valence-electron chi connectivity index (χ3n) is 2.68. The predicted molar refractivity (Wildman–Crippen MR) is 67.0 cm³/mol. The molecule has 94 valence electrons. The van der Waals surface area contributed by atoms with Gasteiger partial charge in [0, 0.05) is 12.2 Å². The highest BCUT2D eigenvalue weighted by molar-refractivity contribution is 5.69. The minimum atomic E-state index is -0.732. The van der Waals surface area contributed by atoms with E-state index in [0.29, 0.717) is 6.54 Å². The van der Waals surface area contributed by atoms with Gasteiger partial charge in [0.15, 0.2) is 0 Å². The largest absolute Gasteiger partial charge is 0.469 e. The summed E-state index contributed by atoms with van der Waals surface area (Å²) in [4.78, 5) is 10.9. The average Bonchev–Trinajstić information content (AvgIpc) is 2.30. The molecule has 1 unspecified atom stereocenters. The van der Waals surface area contributed by atoms with Crippen LogP contribution < -0.4 is 5.32 Å². The van der Waals surface area contributed by atoms with Gasteiger partial charge in [-0.15, -0.1) is 0 Å². The number of nitrogens with one attached hydrogen (secondary N) is 1. The normalized spacial score (nSPS) is 12.0. The molecule has 0 heterocycles. The molecule has 4 heteroatoms. The Balaban J connectivity index is 2.44. The number of methoxy groups -OCH3 is 1. The van der Waals surface area contributed by atoms with Crippen LogP contribution in [0.5, 0.6) is 0 Å². The van der Waals surface area contributed by atoms with Crippen molar-refractivity contribution in [3.8, 4) is 0 Å². The molecule has 0 radical (unpaired) electrons. The van der Waals surface area contributed by atoms with Gasteiger partial charge in [-0.25, -0.2) is 0 Å². The summed E-state index contributed by atoms with van der Waals surface area (Å²) >= 11 is 0. The second-order valence-corrected chi connectivity index (χ2v) is 4.11. The summed E-state index contributed by atoms with van der Waals surface area (Å²) in [7, 11) is 1.31. The molecule has 0 saturated carbocycles. The van der Waals surface area contributed by atoms with Crippen LogP contribution in [-0.4, -0.2) is 30.8 Å². The standard InChI is InChI=1S/C13H19NO3/c1-9-4-5-11(6-10(9)2)14-8-12(15)7-13(16)17-3/h4-6,12,14-15H,7-8H2,1-3H3. The van der Waals surface area contributed by atoms with Gasteiger partial charge in [-0.05, 0) is 37.1 Å². The maximum atomic E-state index is 10.9. The van der Waals surface area contributed by atoms with Crippen LogP contribution in [0.25, 0.3) is 0 Å². The van der Waals surface area contributed by atoms with Crippen molar-refractivity contribution in [2.75, 3.05) is 19.0 Å². The Morgan fingerprint density at radius 2 is 2.12 bits per heavy atom. The van der Waals surface area contributed by atoms with Crippen molar-refractivity contribution in [1.82, 2.24) is 0 Å². The van der Waals surface area contributed by atoms with Crippen molar-refractivity contribution in [3.05, 3.63) is 29.3 Å². The van der Waals surface area contributed by atoms with Crippen LogP contribution in [0, 0.1) is 13.8 Å². The van der Waals surface area contributed by atoms with Gasteiger partial charge in [0.05, 0.1) is 19.6 Å². The summed E-state index contributed by atoms with van der Waals surface area (Å²) in [6.45, 7) is 4.41. The van der Waals surface area contributed by atoms with Crippen LogP contribution in [-0.2, 0) is 9.53 Å². The number of esters is 1. The molecule has 4 nitrogen and oxygen atoms in total. The maximum absolute atomic E-state index is 10.9. The Kier molecular flexibility index (Phi) is 4.97. The van der Waals surface area contributed by atoms with E-state index in [-0.39, 0.29) is 6.42 Å². The van der Waals surface area contributed by atoms with Crippen molar-refractivity contribution >= 4 is 11.7 Å². The molecule has 1 rings (SSSR count). The minimum Gasteiger partial charge on any atom is -0.469 e. The molecule has 0 saturated heterocycles. The van der Waals surface area contributed by atoms with Gasteiger partial charge in [0.2, 0.25) is 0 Å². The average molecular weight is 237 g/mol. The molecule has 1 aromatic rings. The summed E-state index contributed by atoms with van der Waals surface area (Å²) in [5.41, 5.74) is 3.36. The summed E-state index contributed by atoms with van der Waals surface area (Å²) in [6.07, 6.45) is -0.724. The van der Waals surface area contributed by atoms with E-state index in [0.717, 1.165) is 5.69 Å². The Morgan fingerprint density at radius 1 is 1.41 bits per heavy atom. The summed E-state index contributed by atoms with van der Waals surface area (Å²) in [6, 6.07) is 5.98. The quantitative estimate of drug-likeness (QED) is 0.764. The van der Waals surface area contributed by atoms with Crippen molar-refractivity contribution in [1.29, 1.82) is 0 Å². The number of aliphatic hydroxyl groups is 1. The van der Waals surface area contributed by atoms with E-state index in [1.165, 1.54) is 18.2 Å². The second kappa shape index (κ2) is 6.25. The lowest BCUT2D eigenvalue weighted by molar-refractivity contribution is -0.142. The maximum Gasteiger partial charge on any atom is 0.308 e. The second-order valence-electron chi connectivity index (χ2n) is 4.11. The Labute approximate surface area is 102 Å². The van der Waals surface area contributed by atoms with Crippen molar-refractivity contribution in [2.24, 2.45) is 0 Å². The van der Waals surface area contributed by atoms with E-state index in [2.05, 4.69) is 10.1 Å². The third kappa shape index (κ3) is 4.44. The number of benzene rings is 1. The number of aryl methyl sites for hydroxylation is 2. The van der Waals surface area contributed by atoms with Crippen LogP contribution in [0.3, 0.4) is 0 Å². The van der Waals surface area contributed by atoms with E-state index in [9.17, 15) is 9.90 Å². The zero-order valence-electron chi connectivity index (χ0n) is 10.5. The molecule has 1 aromatic carbocycles. The monoisotopic (exact) mass is 237 g/mol. The topological polar surface area (TPSA) is 58.6 Å². The molecule has 1 atom stereocenters. The number of anilines is 1. The molecule has 0 amide bonds. The predicted octanol–water partition coefficient (Wildman–Crippen LogP) is 1.64. The van der Waals surface area contributed by atoms with Crippen molar-refractivity contribution in [3.63, 3.8) is 0 Å². The first-order valence-electron chi connectivity index (χ1n) is 5.59. The summed E-state index contributed by atoms with van der Waals surface area (Å²) in [5, 5.41) is 12.7. The summed E-state index contributed by atoms with van der Waals surface area (Å²) in [5.74, 6) is -0.403. The van der Waals surface area contributed by atoms with Gasteiger partial charge >= 0.3 is 5.97 Å². The fraction of sp³-hybridized carbons (Fsp3) is 0.462. The molecule has 0 fully saturated rings. The lowest BCUT2D eigenvalue weighted by atomic mass is 10.1. The van der Waals surface area contributed by atoms with E-state index >= 15 is 0 Å². The first kappa shape index (κ1) is 13.5. The molecular formula is C13H19NO3. The number of hydrogen-bond donors (Lipinski definition) is 2. The van der Waals surface area contributed by atoms with E-state index in [4.69, 9.17) is 0 Å². The molecule has 0 aliphatic heterocycles. The molecule has 0 aliphatic carbocycles. The molecule has 0 aromatic heterocycles. The fourth-order valence-corrected chi connectivity index (χ4v) is 1.43. The van der Waals surface area contributed by atoms with E-state index < -0.39 is 12.1 Å². The zero-order chi connectivity index (χ0) is 12.8. The van der Waals surface area contributed by atoms with Crippen molar-refractivity contribution in [2.45, 2.75) is 26.4 Å². The van der Waals surface area contributed by atoms with E-state index in [1.54, 1.807) is 0 Å². The zero-order valence-corrected chi connectivity index (χ0v) is 10.5. The highest BCUT2D eigenvalue weighted by Gasteiger charge is 2.10. The minimum absolute atomic E-state index is 0.00828. The fourth-order valence-electron chi connectivity index (χ4n) is 1.43. The number of rotatable bonds is 5. The lowest BCUT2D eigenvalue weighted by Gasteiger charge is -2.12. The van der Waals surface area contributed by atoms with Crippen molar-refractivity contribution < 1.29 is 14.6 Å². The highest BCUT2D eigenvalue weighted by Crippen LogP contribution is 2.14. The number of carbonyl (C=O) groups excluding carboxylic acids is 1. The highest BCUT2D eigenvalue weighted by atomic mass is 16.5. The van der Waals surface area contributed by atoms with Gasteiger partial charge < -0.3 is 15.2 Å². The molecule has 17 heavy (non-hydrogen) atoms. The first-order valence-corrected chi connectivity index (χ1v) is 5.59. The van der Waals surface area contributed by atoms with Gasteiger partial charge in [-0.2, -0.15) is 0 Å². The number of hydrogen-bond acceptors (Lipinski definition) is 4. The molecule has 0 bridgehead atoms. The van der Waals surface area contributed by atoms with Crippen LogP contribution in [0.2, 0.25) is 0 Å². The van der Waals surface area contributed by atoms with Gasteiger partial charge in [-0.1, -0.05) is 6.07 Å². The first-order chi connectivity index (χ1) is 8.02. The van der Waals surface area contributed by atoms with Crippen LogP contribution in [0.4, 0.5) is 5.69 Å². The smallest absolute Gasteiger partial charge is 0.308 e. The SMILES string of the molecule is COC(=O)CC(O)CNc1ccc(C)c(C)c1. The van der Waals surface area contributed by atoms with Gasteiger partial charge in [0.25, 0.3) is 0 Å². The Hall–Kier alpha value is -1.55.